The summed E-state index contributed by atoms with van der Waals surface area (Å²) in [4.78, 5) is 34.0. The molecule has 3 saturated carbocycles. The molecule has 0 unspecified atom stereocenters. The number of nitrogens with one attached hydrogen (secondary N) is 1. The van der Waals surface area contributed by atoms with E-state index in [4.69, 9.17) is 4.84 Å². The summed E-state index contributed by atoms with van der Waals surface area (Å²) < 4.78 is 0. The molecule has 1 amide bonds. The van der Waals surface area contributed by atoms with Crippen molar-refractivity contribution in [2.75, 3.05) is 6.61 Å². The predicted molar refractivity (Wildman–Crippen MR) is 137 cm³/mol. The van der Waals surface area contributed by atoms with Crippen molar-refractivity contribution in [3.63, 3.8) is 0 Å². The molecule has 0 saturated heterocycles. The van der Waals surface area contributed by atoms with E-state index in [1.807, 2.05) is 12.1 Å². The quantitative estimate of drug-likeness (QED) is 0.574. The molecule has 7 heteroatoms. The molecule has 4 aliphatic carbocycles. The van der Waals surface area contributed by atoms with Crippen molar-refractivity contribution in [3.8, 4) is 0 Å². The van der Waals surface area contributed by atoms with Gasteiger partial charge in [0.15, 0.2) is 12.4 Å². The average molecular weight is 494 g/mol. The van der Waals surface area contributed by atoms with Gasteiger partial charge in [-0.25, -0.2) is 0 Å². The normalized spacial score (nSPS) is 38.4. The molecular formula is C29H39N3O4. The fourth-order valence-electron chi connectivity index (χ4n) is 8.16. The van der Waals surface area contributed by atoms with E-state index < -0.39 is 5.60 Å². The molecule has 1 heterocycles. The van der Waals surface area contributed by atoms with E-state index in [0.717, 1.165) is 56.2 Å². The molecule has 0 aromatic carbocycles. The molecule has 1 aromatic heterocycles. The van der Waals surface area contributed by atoms with Crippen molar-refractivity contribution in [2.45, 2.75) is 84.3 Å². The Balaban J connectivity index is 1.22. The number of fused-ring (bicyclic) bond motifs is 5. The first-order chi connectivity index (χ1) is 17.2. The highest BCUT2D eigenvalue weighted by Crippen LogP contribution is 2.67. The van der Waals surface area contributed by atoms with Crippen LogP contribution >= 0.6 is 0 Å². The van der Waals surface area contributed by atoms with Gasteiger partial charge in [0.05, 0.1) is 5.71 Å². The van der Waals surface area contributed by atoms with Gasteiger partial charge in [0.1, 0.15) is 5.60 Å². The molecule has 6 atom stereocenters. The summed E-state index contributed by atoms with van der Waals surface area (Å²) in [5.41, 5.74) is 2.02. The number of Topliss-reactive ketones (excluding diaryl/α,β-unsaturated/α-hetero) is 1. The number of pyridine rings is 1. The number of oxime groups is 1. The second kappa shape index (κ2) is 9.40. The van der Waals surface area contributed by atoms with Crippen LogP contribution in [0.3, 0.4) is 0 Å². The SMILES string of the molecule is CC(=O)[C@@]1(O)CC[C@H]2[C@@H]3CCC4=CC(=NOCC(=O)NCc5ccncc5)CC[C@]4(C)[C@H]3CC[C@@]21C. The number of ketones is 1. The lowest BCUT2D eigenvalue weighted by atomic mass is 9.46. The van der Waals surface area contributed by atoms with Gasteiger partial charge in [-0.3, -0.25) is 14.6 Å². The van der Waals surface area contributed by atoms with Crippen LogP contribution in [0.1, 0.15) is 77.7 Å². The number of hydrogen-bond donors (Lipinski definition) is 2. The molecule has 0 spiro atoms. The van der Waals surface area contributed by atoms with Crippen LogP contribution in [0, 0.1) is 28.6 Å². The standard InChI is InChI=1S/C29H39N3O4/c1-19(33)29(35)13-8-25-23-5-4-21-16-22(6-11-27(21,2)24(23)7-12-28(25,29)3)32-36-18-26(34)31-17-20-9-14-30-15-10-20/h9-10,14-16,23-25,35H,4-8,11-13,17-18H2,1-3H3,(H,31,34)/t23-,24+,25+,27+,28+,29+/m1/s1. The topological polar surface area (TPSA) is 101 Å². The molecule has 5 rings (SSSR count). The maximum absolute atomic E-state index is 12.4. The van der Waals surface area contributed by atoms with E-state index in [2.05, 4.69) is 35.4 Å². The minimum Gasteiger partial charge on any atom is -0.385 e. The zero-order valence-corrected chi connectivity index (χ0v) is 21.8. The minimum absolute atomic E-state index is 0.0573. The van der Waals surface area contributed by atoms with E-state index >= 15 is 0 Å². The van der Waals surface area contributed by atoms with Crippen molar-refractivity contribution in [2.24, 2.45) is 33.7 Å². The number of aromatic nitrogens is 1. The summed E-state index contributed by atoms with van der Waals surface area (Å²) in [6.45, 7) is 6.49. The minimum atomic E-state index is -1.16. The zero-order chi connectivity index (χ0) is 25.6. The van der Waals surface area contributed by atoms with Gasteiger partial charge in [-0.05, 0) is 105 Å². The monoisotopic (exact) mass is 493 g/mol. The molecule has 3 fully saturated rings. The first-order valence-corrected chi connectivity index (χ1v) is 13.5. The fraction of sp³-hybridized carbons (Fsp3) is 0.655. The Hall–Kier alpha value is -2.54. The number of rotatable bonds is 6. The van der Waals surface area contributed by atoms with Gasteiger partial charge in [-0.2, -0.15) is 0 Å². The Morgan fingerprint density at radius 3 is 2.61 bits per heavy atom. The summed E-state index contributed by atoms with van der Waals surface area (Å²) in [6, 6.07) is 3.73. The highest BCUT2D eigenvalue weighted by atomic mass is 16.6. The highest BCUT2D eigenvalue weighted by molar-refractivity contribution is 5.96. The van der Waals surface area contributed by atoms with Gasteiger partial charge in [0.2, 0.25) is 0 Å². The lowest BCUT2D eigenvalue weighted by molar-refractivity contribution is -0.159. The summed E-state index contributed by atoms with van der Waals surface area (Å²) in [5, 5.41) is 18.5. The van der Waals surface area contributed by atoms with E-state index in [9.17, 15) is 14.7 Å². The van der Waals surface area contributed by atoms with Crippen molar-refractivity contribution in [1.29, 1.82) is 0 Å². The van der Waals surface area contributed by atoms with E-state index in [-0.39, 0.29) is 29.1 Å². The van der Waals surface area contributed by atoms with Gasteiger partial charge in [0, 0.05) is 24.4 Å². The number of carbonyl (C=O) groups excluding carboxylic acids is 2. The van der Waals surface area contributed by atoms with Crippen LogP contribution in [0.25, 0.3) is 0 Å². The Morgan fingerprint density at radius 1 is 1.11 bits per heavy atom. The summed E-state index contributed by atoms with van der Waals surface area (Å²) in [6.07, 6.45) is 13.1. The number of allylic oxidation sites excluding steroid dienone is 2. The van der Waals surface area contributed by atoms with Crippen LogP contribution < -0.4 is 5.32 Å². The van der Waals surface area contributed by atoms with Gasteiger partial charge in [0.25, 0.3) is 5.91 Å². The Kier molecular flexibility index (Phi) is 6.56. The number of nitrogens with zero attached hydrogens (tertiary/aromatic N) is 2. The van der Waals surface area contributed by atoms with Crippen molar-refractivity contribution < 1.29 is 19.5 Å². The van der Waals surface area contributed by atoms with Crippen molar-refractivity contribution >= 4 is 17.4 Å². The highest BCUT2D eigenvalue weighted by Gasteiger charge is 2.65. The predicted octanol–water partition coefficient (Wildman–Crippen LogP) is 4.35. The molecule has 0 aliphatic heterocycles. The van der Waals surface area contributed by atoms with E-state index in [0.29, 0.717) is 30.7 Å². The maximum atomic E-state index is 12.4. The van der Waals surface area contributed by atoms with Gasteiger partial charge >= 0.3 is 0 Å². The van der Waals surface area contributed by atoms with Crippen molar-refractivity contribution in [1.82, 2.24) is 10.3 Å². The third-order valence-corrected chi connectivity index (χ3v) is 10.3. The lowest BCUT2D eigenvalue weighted by Crippen LogP contribution is -2.57. The molecule has 36 heavy (non-hydrogen) atoms. The number of aliphatic hydroxyl groups is 1. The second-order valence-corrected chi connectivity index (χ2v) is 11.9. The first-order valence-electron chi connectivity index (χ1n) is 13.5. The molecule has 7 nitrogen and oxygen atoms in total. The maximum Gasteiger partial charge on any atom is 0.261 e. The molecule has 2 N–H and O–H groups in total. The molecule has 4 aliphatic rings. The van der Waals surface area contributed by atoms with Crippen LogP contribution in [0.15, 0.2) is 41.3 Å². The summed E-state index contributed by atoms with van der Waals surface area (Å²) in [7, 11) is 0. The molecule has 194 valence electrons. The third-order valence-electron chi connectivity index (χ3n) is 10.3. The van der Waals surface area contributed by atoms with E-state index in [1.54, 1.807) is 19.3 Å². The number of amides is 1. The molecule has 0 radical (unpaired) electrons. The van der Waals surface area contributed by atoms with Gasteiger partial charge in [-0.15, -0.1) is 0 Å². The Labute approximate surface area is 213 Å². The van der Waals surface area contributed by atoms with Crippen LogP contribution in [-0.4, -0.2) is 39.7 Å². The second-order valence-electron chi connectivity index (χ2n) is 11.9. The zero-order valence-electron chi connectivity index (χ0n) is 21.8. The van der Waals surface area contributed by atoms with Gasteiger partial charge in [-0.1, -0.05) is 24.6 Å². The summed E-state index contributed by atoms with van der Waals surface area (Å²) in [5.74, 6) is 1.28. The first kappa shape index (κ1) is 25.1. The fourth-order valence-corrected chi connectivity index (χ4v) is 8.16. The van der Waals surface area contributed by atoms with Crippen LogP contribution in [0.2, 0.25) is 0 Å². The number of hydrogen-bond acceptors (Lipinski definition) is 6. The third kappa shape index (κ3) is 4.09. The molecule has 0 bridgehead atoms. The van der Waals surface area contributed by atoms with E-state index in [1.165, 1.54) is 5.57 Å². The number of carbonyl (C=O) groups is 2. The Bertz CT molecular complexity index is 1090. The van der Waals surface area contributed by atoms with Crippen LogP contribution in [-0.2, 0) is 21.0 Å². The Morgan fingerprint density at radius 2 is 1.86 bits per heavy atom. The van der Waals surface area contributed by atoms with Gasteiger partial charge < -0.3 is 15.3 Å². The van der Waals surface area contributed by atoms with Crippen LogP contribution in [0.5, 0.6) is 0 Å². The lowest BCUT2D eigenvalue weighted by Gasteiger charge is -2.59. The average Bonchev–Trinajstić information content (AvgIpc) is 3.15. The summed E-state index contributed by atoms with van der Waals surface area (Å²) >= 11 is 0. The molecule has 1 aromatic rings. The molecular weight excluding hydrogens is 454 g/mol. The van der Waals surface area contributed by atoms with Crippen molar-refractivity contribution in [3.05, 3.63) is 41.7 Å². The largest absolute Gasteiger partial charge is 0.385 e. The van der Waals surface area contributed by atoms with Crippen LogP contribution in [0.4, 0.5) is 0 Å². The smallest absolute Gasteiger partial charge is 0.261 e.